The van der Waals surface area contributed by atoms with Gasteiger partial charge in [0.1, 0.15) is 18.8 Å². The molecule has 2 amide bonds. The molecule has 0 bridgehead atoms. The Morgan fingerprint density at radius 1 is 1.05 bits per heavy atom. The second-order valence-electron chi connectivity index (χ2n) is 11.3. The number of carbonyl (C=O) groups excluding carboxylic acids is 1. The molecule has 0 N–H and O–H groups in total. The minimum absolute atomic E-state index is 0.0668. The summed E-state index contributed by atoms with van der Waals surface area (Å²) in [5.41, 5.74) is -1.87. The molecule has 222 valence electrons. The summed E-state index contributed by atoms with van der Waals surface area (Å²) in [6, 6.07) is 4.87. The molecule has 3 aliphatic rings. The number of urea groups is 1. The molecule has 2 aliphatic heterocycles. The summed E-state index contributed by atoms with van der Waals surface area (Å²) in [6.45, 7) is 2.17. The highest BCUT2D eigenvalue weighted by atomic mass is 19.4. The van der Waals surface area contributed by atoms with E-state index in [0.717, 1.165) is 16.9 Å². The van der Waals surface area contributed by atoms with Crippen LogP contribution >= 0.6 is 0 Å². The Kier molecular flexibility index (Phi) is 7.24. The van der Waals surface area contributed by atoms with E-state index in [2.05, 4.69) is 10.0 Å². The maximum absolute atomic E-state index is 14.0. The van der Waals surface area contributed by atoms with Gasteiger partial charge in [-0.05, 0) is 78.6 Å². The summed E-state index contributed by atoms with van der Waals surface area (Å²) in [7, 11) is 3.29. The van der Waals surface area contributed by atoms with E-state index in [9.17, 15) is 35.5 Å². The van der Waals surface area contributed by atoms with Crippen molar-refractivity contribution in [2.24, 2.45) is 10.4 Å². The van der Waals surface area contributed by atoms with Gasteiger partial charge in [-0.1, -0.05) is 6.07 Å². The zero-order valence-electron chi connectivity index (χ0n) is 22.7. The van der Waals surface area contributed by atoms with Crippen LogP contribution in [0.1, 0.15) is 53.1 Å². The van der Waals surface area contributed by atoms with Gasteiger partial charge in [-0.2, -0.15) is 26.3 Å². The Balaban J connectivity index is 1.41. The lowest BCUT2D eigenvalue weighted by Crippen LogP contribution is -2.49. The largest absolute Gasteiger partial charge is 0.416 e. The first-order chi connectivity index (χ1) is 19.1. The van der Waals surface area contributed by atoms with Crippen LogP contribution in [0.4, 0.5) is 35.5 Å². The van der Waals surface area contributed by atoms with E-state index in [1.54, 1.807) is 24.2 Å². The molecule has 0 aromatic heterocycles. The van der Waals surface area contributed by atoms with Crippen molar-refractivity contribution in [2.45, 2.75) is 57.2 Å². The van der Waals surface area contributed by atoms with E-state index < -0.39 is 47.9 Å². The van der Waals surface area contributed by atoms with Gasteiger partial charge < -0.3 is 9.80 Å². The van der Waals surface area contributed by atoms with Crippen LogP contribution in [-0.4, -0.2) is 65.5 Å². The third kappa shape index (κ3) is 5.73. The Hall–Kier alpha value is -3.35. The van der Waals surface area contributed by atoms with Crippen LogP contribution in [0.5, 0.6) is 0 Å². The highest BCUT2D eigenvalue weighted by Gasteiger charge is 2.61. The third-order valence-electron chi connectivity index (χ3n) is 8.40. The van der Waals surface area contributed by atoms with Crippen LogP contribution in [0.3, 0.4) is 0 Å². The van der Waals surface area contributed by atoms with Gasteiger partial charge in [0.25, 0.3) is 0 Å². The van der Waals surface area contributed by atoms with Gasteiger partial charge in [0.05, 0.1) is 23.2 Å². The average molecular weight is 586 g/mol. The summed E-state index contributed by atoms with van der Waals surface area (Å²) < 4.78 is 94.2. The molecule has 1 unspecified atom stereocenters. The fourth-order valence-corrected chi connectivity index (χ4v) is 6.19. The Morgan fingerprint density at radius 3 is 2.27 bits per heavy atom. The van der Waals surface area contributed by atoms with E-state index >= 15 is 0 Å². The van der Waals surface area contributed by atoms with E-state index in [1.807, 2.05) is 12.1 Å². The molecule has 2 fully saturated rings. The van der Waals surface area contributed by atoms with E-state index in [1.165, 1.54) is 19.2 Å². The molecule has 1 spiro atoms. The zero-order valence-corrected chi connectivity index (χ0v) is 22.7. The molecular weight excluding hydrogens is 555 g/mol. The normalized spacial score (nSPS) is 24.8. The highest BCUT2D eigenvalue weighted by molar-refractivity contribution is 5.75. The standard InChI is InChI=1S/C28H30F7N5O/c1-17-8-21(29)4-5-22(17)23-12-26(13-24(26)40-16-36-15-38(40)3)6-7-39(23)25(41)37(2)14-18-9-19(27(30,31)32)11-20(10-18)28(33,34)35/h4-5,8-11,16,23-24H,6-7,12-15H2,1-3H3/t23-,24-,26?/m1/s1. The van der Waals surface area contributed by atoms with Crippen molar-refractivity contribution in [1.29, 1.82) is 0 Å². The summed E-state index contributed by atoms with van der Waals surface area (Å²) >= 11 is 0. The summed E-state index contributed by atoms with van der Waals surface area (Å²) in [6.07, 6.45) is -6.06. The first kappa shape index (κ1) is 29.2. The number of likely N-dealkylation sites (tertiary alicyclic amines) is 1. The molecule has 13 heteroatoms. The van der Waals surface area contributed by atoms with Gasteiger partial charge in [0.2, 0.25) is 0 Å². The molecule has 2 aromatic carbocycles. The SMILES string of the molecule is Cc1cc(F)ccc1[C@H]1CC2(CCN1C(=O)N(C)Cc1cc(C(F)(F)F)cc(C(F)(F)F)c1)C[C@H]2N1C=NCN1C. The predicted molar refractivity (Wildman–Crippen MR) is 137 cm³/mol. The summed E-state index contributed by atoms with van der Waals surface area (Å²) in [5.74, 6) is -0.420. The average Bonchev–Trinajstić information content (AvgIpc) is 3.38. The van der Waals surface area contributed by atoms with Crippen molar-refractivity contribution in [3.05, 3.63) is 70.0 Å². The van der Waals surface area contributed by atoms with Crippen LogP contribution < -0.4 is 0 Å². The number of amides is 2. The molecule has 0 radical (unpaired) electrons. The number of hydrazine groups is 1. The van der Waals surface area contributed by atoms with E-state index in [4.69, 9.17) is 0 Å². The van der Waals surface area contributed by atoms with Crippen LogP contribution in [0, 0.1) is 18.2 Å². The van der Waals surface area contributed by atoms with Crippen LogP contribution in [0.25, 0.3) is 0 Å². The maximum Gasteiger partial charge on any atom is 0.416 e. The first-order valence-corrected chi connectivity index (χ1v) is 13.1. The smallest absolute Gasteiger partial charge is 0.323 e. The van der Waals surface area contributed by atoms with Gasteiger partial charge in [-0.25, -0.2) is 14.2 Å². The quantitative estimate of drug-likeness (QED) is 0.387. The van der Waals surface area contributed by atoms with Crippen LogP contribution in [-0.2, 0) is 18.9 Å². The molecule has 3 atom stereocenters. The third-order valence-corrected chi connectivity index (χ3v) is 8.40. The number of halogens is 7. The fourth-order valence-electron chi connectivity index (χ4n) is 6.19. The predicted octanol–water partition coefficient (Wildman–Crippen LogP) is 6.47. The van der Waals surface area contributed by atoms with Crippen molar-refractivity contribution in [3.8, 4) is 0 Å². The number of rotatable bonds is 4. The minimum Gasteiger partial charge on any atom is -0.323 e. The molecule has 2 heterocycles. The second-order valence-corrected chi connectivity index (χ2v) is 11.3. The lowest BCUT2D eigenvalue weighted by molar-refractivity contribution is -0.143. The van der Waals surface area contributed by atoms with Gasteiger partial charge in [0, 0.05) is 27.2 Å². The van der Waals surface area contributed by atoms with Gasteiger partial charge in [-0.3, -0.25) is 10.0 Å². The van der Waals surface area contributed by atoms with Crippen molar-refractivity contribution >= 4 is 12.4 Å². The number of piperidine rings is 1. The van der Waals surface area contributed by atoms with Crippen molar-refractivity contribution in [1.82, 2.24) is 19.8 Å². The van der Waals surface area contributed by atoms with Crippen molar-refractivity contribution in [2.75, 3.05) is 27.3 Å². The number of carbonyl (C=O) groups is 1. The van der Waals surface area contributed by atoms with E-state index in [0.29, 0.717) is 43.8 Å². The molecule has 5 rings (SSSR count). The maximum atomic E-state index is 14.0. The first-order valence-electron chi connectivity index (χ1n) is 13.1. The number of alkyl halides is 6. The molecular formula is C28H30F7N5O. The fraction of sp³-hybridized carbons (Fsp3) is 0.500. The lowest BCUT2D eigenvalue weighted by Gasteiger charge is -2.43. The number of hydrogen-bond acceptors (Lipinski definition) is 4. The molecule has 1 saturated carbocycles. The monoisotopic (exact) mass is 585 g/mol. The lowest BCUT2D eigenvalue weighted by atomic mass is 9.82. The Bertz CT molecular complexity index is 1330. The number of aryl methyl sites for hydroxylation is 1. The van der Waals surface area contributed by atoms with Gasteiger partial charge >= 0.3 is 18.4 Å². The van der Waals surface area contributed by atoms with Crippen LogP contribution in [0.15, 0.2) is 41.4 Å². The summed E-state index contributed by atoms with van der Waals surface area (Å²) in [4.78, 5) is 20.8. The van der Waals surface area contributed by atoms with Crippen molar-refractivity contribution in [3.63, 3.8) is 0 Å². The van der Waals surface area contributed by atoms with Gasteiger partial charge in [0.15, 0.2) is 0 Å². The molecule has 41 heavy (non-hydrogen) atoms. The highest BCUT2D eigenvalue weighted by Crippen LogP contribution is 2.61. The molecule has 2 aromatic rings. The molecule has 1 saturated heterocycles. The number of nitrogens with zero attached hydrogens (tertiary/aromatic N) is 5. The van der Waals surface area contributed by atoms with Crippen LogP contribution in [0.2, 0.25) is 0 Å². The number of benzene rings is 2. The minimum atomic E-state index is -4.99. The zero-order chi connectivity index (χ0) is 29.9. The summed E-state index contributed by atoms with van der Waals surface area (Å²) in [5, 5.41) is 4.09. The topological polar surface area (TPSA) is 42.4 Å². The van der Waals surface area contributed by atoms with Crippen molar-refractivity contribution < 1.29 is 35.5 Å². The Morgan fingerprint density at radius 2 is 1.71 bits per heavy atom. The number of aliphatic imine (C=N–C) groups is 1. The molecule has 1 aliphatic carbocycles. The van der Waals surface area contributed by atoms with Gasteiger partial charge in [-0.15, -0.1) is 0 Å². The number of hydrogen-bond donors (Lipinski definition) is 0. The Labute approximate surface area is 233 Å². The van der Waals surface area contributed by atoms with E-state index in [-0.39, 0.29) is 23.1 Å². The second kappa shape index (κ2) is 10.2. The molecule has 6 nitrogen and oxygen atoms in total.